The van der Waals surface area contributed by atoms with Crippen LogP contribution in [0.25, 0.3) is 0 Å². The maximum absolute atomic E-state index is 5.91. The third-order valence-electron chi connectivity index (χ3n) is 2.94. The molecule has 0 aromatic heterocycles. The van der Waals surface area contributed by atoms with Gasteiger partial charge in [0.2, 0.25) is 0 Å². The van der Waals surface area contributed by atoms with Crippen molar-refractivity contribution in [3.8, 4) is 0 Å². The lowest BCUT2D eigenvalue weighted by Gasteiger charge is -2.19. The fourth-order valence-corrected chi connectivity index (χ4v) is 1.79. The van der Waals surface area contributed by atoms with E-state index in [0.29, 0.717) is 6.04 Å². The molecule has 0 aliphatic carbocycles. The third-order valence-corrected chi connectivity index (χ3v) is 2.94. The Kier molecular flexibility index (Phi) is 5.50. The first kappa shape index (κ1) is 13.2. The lowest BCUT2D eigenvalue weighted by Crippen LogP contribution is -2.27. The number of rotatable bonds is 6. The zero-order chi connectivity index (χ0) is 12.0. The average Bonchev–Trinajstić information content (AvgIpc) is 2.26. The van der Waals surface area contributed by atoms with E-state index >= 15 is 0 Å². The fourth-order valence-electron chi connectivity index (χ4n) is 1.79. The van der Waals surface area contributed by atoms with E-state index in [1.165, 1.54) is 11.1 Å². The van der Waals surface area contributed by atoms with Gasteiger partial charge in [0.25, 0.3) is 0 Å². The molecule has 1 aromatic rings. The maximum Gasteiger partial charge on any atom is 0.0230 e. The van der Waals surface area contributed by atoms with Crippen LogP contribution in [0.5, 0.6) is 0 Å². The summed E-state index contributed by atoms with van der Waals surface area (Å²) in [5, 5.41) is 0. The standard InChI is InChI=1S/C14H24N2/c1-4-14(15)8-9-16(3)11-13-7-5-6-12(2)10-13/h5-7,10,14H,4,8-9,11,15H2,1-3H3. The predicted octanol–water partition coefficient (Wildman–Crippen LogP) is 2.55. The van der Waals surface area contributed by atoms with E-state index < -0.39 is 0 Å². The number of aryl methyl sites for hydroxylation is 1. The highest BCUT2D eigenvalue weighted by atomic mass is 15.1. The monoisotopic (exact) mass is 220 g/mol. The highest BCUT2D eigenvalue weighted by Crippen LogP contribution is 2.07. The molecule has 90 valence electrons. The SMILES string of the molecule is CCC(N)CCN(C)Cc1cccc(C)c1. The molecule has 16 heavy (non-hydrogen) atoms. The second-order valence-corrected chi connectivity index (χ2v) is 4.68. The van der Waals surface area contributed by atoms with Crippen molar-refractivity contribution in [3.05, 3.63) is 35.4 Å². The van der Waals surface area contributed by atoms with Crippen LogP contribution in [0.2, 0.25) is 0 Å². The lowest BCUT2D eigenvalue weighted by atomic mass is 10.1. The highest BCUT2D eigenvalue weighted by molar-refractivity contribution is 5.21. The summed E-state index contributed by atoms with van der Waals surface area (Å²) in [5.74, 6) is 0. The van der Waals surface area contributed by atoms with Gasteiger partial charge >= 0.3 is 0 Å². The Morgan fingerprint density at radius 1 is 1.38 bits per heavy atom. The first-order valence-electron chi connectivity index (χ1n) is 6.11. The quantitative estimate of drug-likeness (QED) is 0.798. The summed E-state index contributed by atoms with van der Waals surface area (Å²) in [7, 11) is 2.16. The molecule has 0 fully saturated rings. The molecule has 0 radical (unpaired) electrons. The van der Waals surface area contributed by atoms with E-state index in [4.69, 9.17) is 5.73 Å². The van der Waals surface area contributed by atoms with Crippen LogP contribution in [0.4, 0.5) is 0 Å². The van der Waals surface area contributed by atoms with Crippen LogP contribution < -0.4 is 5.73 Å². The van der Waals surface area contributed by atoms with E-state index in [2.05, 4.69) is 50.1 Å². The van der Waals surface area contributed by atoms with Crippen molar-refractivity contribution in [3.63, 3.8) is 0 Å². The van der Waals surface area contributed by atoms with Crippen molar-refractivity contribution in [2.75, 3.05) is 13.6 Å². The smallest absolute Gasteiger partial charge is 0.0230 e. The van der Waals surface area contributed by atoms with Crippen molar-refractivity contribution in [1.82, 2.24) is 4.90 Å². The Hall–Kier alpha value is -0.860. The summed E-state index contributed by atoms with van der Waals surface area (Å²) >= 11 is 0. The molecule has 0 aliphatic heterocycles. The molecule has 0 amide bonds. The largest absolute Gasteiger partial charge is 0.328 e. The van der Waals surface area contributed by atoms with Crippen LogP contribution in [0.1, 0.15) is 30.9 Å². The first-order valence-corrected chi connectivity index (χ1v) is 6.11. The summed E-state index contributed by atoms with van der Waals surface area (Å²) in [6.07, 6.45) is 2.15. The minimum absolute atomic E-state index is 0.347. The molecule has 0 heterocycles. The molecule has 0 spiro atoms. The molecule has 1 aromatic carbocycles. The highest BCUT2D eigenvalue weighted by Gasteiger charge is 2.03. The topological polar surface area (TPSA) is 29.3 Å². The molecule has 1 atom stereocenters. The molecule has 0 bridgehead atoms. The molecular weight excluding hydrogens is 196 g/mol. The third kappa shape index (κ3) is 4.77. The molecule has 0 saturated heterocycles. The van der Waals surface area contributed by atoms with Gasteiger partial charge in [-0.15, -0.1) is 0 Å². The zero-order valence-corrected chi connectivity index (χ0v) is 10.7. The Labute approximate surface area is 99.5 Å². The summed E-state index contributed by atoms with van der Waals surface area (Å²) in [4.78, 5) is 2.34. The maximum atomic E-state index is 5.91. The number of nitrogens with zero attached hydrogens (tertiary/aromatic N) is 1. The molecule has 0 aliphatic rings. The molecule has 1 rings (SSSR count). The van der Waals surface area contributed by atoms with Gasteiger partial charge in [0.1, 0.15) is 0 Å². The van der Waals surface area contributed by atoms with Gasteiger partial charge in [-0.1, -0.05) is 36.8 Å². The molecule has 0 saturated carbocycles. The van der Waals surface area contributed by atoms with Gasteiger partial charge in [0, 0.05) is 12.6 Å². The predicted molar refractivity (Wildman–Crippen MR) is 70.4 cm³/mol. The van der Waals surface area contributed by atoms with Crippen molar-refractivity contribution >= 4 is 0 Å². The van der Waals surface area contributed by atoms with Crippen LogP contribution >= 0.6 is 0 Å². The Balaban J connectivity index is 2.36. The van der Waals surface area contributed by atoms with Crippen LogP contribution in [0.3, 0.4) is 0 Å². The van der Waals surface area contributed by atoms with Gasteiger partial charge in [0.15, 0.2) is 0 Å². The second-order valence-electron chi connectivity index (χ2n) is 4.68. The van der Waals surface area contributed by atoms with Crippen LogP contribution in [-0.4, -0.2) is 24.5 Å². The molecule has 2 heteroatoms. The summed E-state index contributed by atoms with van der Waals surface area (Å²) < 4.78 is 0. The minimum Gasteiger partial charge on any atom is -0.328 e. The zero-order valence-electron chi connectivity index (χ0n) is 10.7. The van der Waals surface area contributed by atoms with Crippen LogP contribution in [0.15, 0.2) is 24.3 Å². The van der Waals surface area contributed by atoms with Crippen molar-refractivity contribution < 1.29 is 0 Å². The Bertz CT molecular complexity index is 309. The average molecular weight is 220 g/mol. The number of hydrogen-bond donors (Lipinski definition) is 1. The van der Waals surface area contributed by atoms with Crippen molar-refractivity contribution in [2.24, 2.45) is 5.73 Å². The number of hydrogen-bond acceptors (Lipinski definition) is 2. The summed E-state index contributed by atoms with van der Waals surface area (Å²) in [6, 6.07) is 9.03. The van der Waals surface area contributed by atoms with E-state index in [1.807, 2.05) is 0 Å². The lowest BCUT2D eigenvalue weighted by molar-refractivity contribution is 0.309. The molecular formula is C14H24N2. The van der Waals surface area contributed by atoms with E-state index in [1.54, 1.807) is 0 Å². The van der Waals surface area contributed by atoms with E-state index in [0.717, 1.165) is 25.9 Å². The van der Waals surface area contributed by atoms with E-state index in [9.17, 15) is 0 Å². The van der Waals surface area contributed by atoms with Crippen LogP contribution in [-0.2, 0) is 6.54 Å². The van der Waals surface area contributed by atoms with Crippen LogP contribution in [0, 0.1) is 6.92 Å². The number of nitrogens with two attached hydrogens (primary N) is 1. The minimum atomic E-state index is 0.347. The Morgan fingerprint density at radius 3 is 2.75 bits per heavy atom. The normalized spacial score (nSPS) is 13.1. The van der Waals surface area contributed by atoms with Gasteiger partial charge in [-0.3, -0.25) is 0 Å². The number of benzene rings is 1. The summed E-state index contributed by atoms with van der Waals surface area (Å²) in [5.41, 5.74) is 8.62. The summed E-state index contributed by atoms with van der Waals surface area (Å²) in [6.45, 7) is 6.36. The molecule has 1 unspecified atom stereocenters. The van der Waals surface area contributed by atoms with Gasteiger partial charge in [-0.2, -0.15) is 0 Å². The molecule has 2 nitrogen and oxygen atoms in total. The van der Waals surface area contributed by atoms with Gasteiger partial charge in [0.05, 0.1) is 0 Å². The first-order chi connectivity index (χ1) is 7.61. The van der Waals surface area contributed by atoms with Gasteiger partial charge < -0.3 is 10.6 Å². The van der Waals surface area contributed by atoms with Crippen molar-refractivity contribution in [2.45, 2.75) is 39.3 Å². The Morgan fingerprint density at radius 2 is 2.12 bits per heavy atom. The molecule has 2 N–H and O–H groups in total. The van der Waals surface area contributed by atoms with Gasteiger partial charge in [-0.25, -0.2) is 0 Å². The van der Waals surface area contributed by atoms with E-state index in [-0.39, 0.29) is 0 Å². The second kappa shape index (κ2) is 6.66. The van der Waals surface area contributed by atoms with Gasteiger partial charge in [-0.05, 0) is 38.9 Å². The van der Waals surface area contributed by atoms with Crippen molar-refractivity contribution in [1.29, 1.82) is 0 Å². The fraction of sp³-hybridized carbons (Fsp3) is 0.571.